The fraction of sp³-hybridized carbons (Fsp3) is 0.125. The van der Waals surface area contributed by atoms with Crippen molar-refractivity contribution < 1.29 is 9.18 Å². The molecule has 20 heavy (non-hydrogen) atoms. The van der Waals surface area contributed by atoms with Crippen LogP contribution >= 0.6 is 0 Å². The van der Waals surface area contributed by atoms with Crippen molar-refractivity contribution in [1.82, 2.24) is 0 Å². The summed E-state index contributed by atoms with van der Waals surface area (Å²) in [6.07, 6.45) is 0.104. The third-order valence-corrected chi connectivity index (χ3v) is 2.83. The predicted molar refractivity (Wildman–Crippen MR) is 77.0 cm³/mol. The molecule has 0 aliphatic rings. The molecule has 0 radical (unpaired) electrons. The maximum atomic E-state index is 12.8. The van der Waals surface area contributed by atoms with E-state index in [1.165, 1.54) is 12.1 Å². The average Bonchev–Trinajstić information content (AvgIpc) is 2.41. The van der Waals surface area contributed by atoms with Gasteiger partial charge in [0.05, 0.1) is 6.42 Å². The molecule has 2 aromatic rings. The summed E-state index contributed by atoms with van der Waals surface area (Å²) in [5, 5.41) is 0. The first-order valence-electron chi connectivity index (χ1n) is 6.23. The fourth-order valence-electron chi connectivity index (χ4n) is 1.82. The summed E-state index contributed by atoms with van der Waals surface area (Å²) < 4.78 is 12.8. The highest BCUT2D eigenvalue weighted by atomic mass is 19.1. The number of hydrogen-bond donors (Lipinski definition) is 1. The van der Waals surface area contributed by atoms with Gasteiger partial charge >= 0.3 is 0 Å². The molecule has 0 aromatic heterocycles. The standard InChI is InChI=1S/C16H15FN2O/c1-11-3-2-4-13(9-11)16(18)19-15(20)10-12-5-7-14(17)8-6-12/h2-9H,10H2,1H3,(H2,18,19,20). The van der Waals surface area contributed by atoms with Crippen molar-refractivity contribution in [2.24, 2.45) is 10.7 Å². The number of carbonyl (C=O) groups excluding carboxylic acids is 1. The lowest BCUT2D eigenvalue weighted by Crippen LogP contribution is -2.16. The number of nitrogens with two attached hydrogens (primary N) is 1. The lowest BCUT2D eigenvalue weighted by Gasteiger charge is -2.02. The molecule has 2 aromatic carbocycles. The number of amidine groups is 1. The van der Waals surface area contributed by atoms with Gasteiger partial charge in [0.25, 0.3) is 5.91 Å². The molecule has 1 amide bonds. The first-order valence-corrected chi connectivity index (χ1v) is 6.23. The van der Waals surface area contributed by atoms with Crippen LogP contribution in [0.5, 0.6) is 0 Å². The van der Waals surface area contributed by atoms with Gasteiger partial charge in [-0.2, -0.15) is 4.99 Å². The SMILES string of the molecule is Cc1cccc(C(N)=NC(=O)Cc2ccc(F)cc2)c1. The second-order valence-electron chi connectivity index (χ2n) is 4.56. The number of hydrogen-bond acceptors (Lipinski definition) is 1. The van der Waals surface area contributed by atoms with Crippen LogP contribution in [0.4, 0.5) is 4.39 Å². The van der Waals surface area contributed by atoms with Crippen LogP contribution in [0.2, 0.25) is 0 Å². The minimum Gasteiger partial charge on any atom is -0.383 e. The van der Waals surface area contributed by atoms with Crippen LogP contribution in [0.3, 0.4) is 0 Å². The van der Waals surface area contributed by atoms with E-state index >= 15 is 0 Å². The molecule has 0 heterocycles. The van der Waals surface area contributed by atoms with E-state index in [9.17, 15) is 9.18 Å². The molecule has 0 unspecified atom stereocenters. The molecular weight excluding hydrogens is 255 g/mol. The number of aryl methyl sites for hydroxylation is 1. The molecule has 3 nitrogen and oxygen atoms in total. The number of halogens is 1. The highest BCUT2D eigenvalue weighted by Crippen LogP contribution is 2.06. The Kier molecular flexibility index (Phi) is 4.25. The lowest BCUT2D eigenvalue weighted by atomic mass is 10.1. The van der Waals surface area contributed by atoms with Gasteiger partial charge in [-0.15, -0.1) is 0 Å². The smallest absolute Gasteiger partial charge is 0.252 e. The maximum Gasteiger partial charge on any atom is 0.252 e. The van der Waals surface area contributed by atoms with Gasteiger partial charge in [0.1, 0.15) is 11.7 Å². The molecule has 0 atom stereocenters. The Bertz CT molecular complexity index is 648. The van der Waals surface area contributed by atoms with Crippen LogP contribution in [0.25, 0.3) is 0 Å². The van der Waals surface area contributed by atoms with Crippen LogP contribution in [0, 0.1) is 12.7 Å². The average molecular weight is 270 g/mol. The zero-order valence-corrected chi connectivity index (χ0v) is 11.1. The second kappa shape index (κ2) is 6.10. The first-order chi connectivity index (χ1) is 9.54. The number of benzene rings is 2. The Balaban J connectivity index is 2.10. The molecule has 0 fully saturated rings. The van der Waals surface area contributed by atoms with Gasteiger partial charge in [0.2, 0.25) is 0 Å². The van der Waals surface area contributed by atoms with Crippen LogP contribution < -0.4 is 5.73 Å². The van der Waals surface area contributed by atoms with E-state index in [4.69, 9.17) is 5.73 Å². The molecule has 0 saturated heterocycles. The van der Waals surface area contributed by atoms with Crippen LogP contribution in [-0.2, 0) is 11.2 Å². The predicted octanol–water partition coefficient (Wildman–Crippen LogP) is 2.61. The largest absolute Gasteiger partial charge is 0.383 e. The van der Waals surface area contributed by atoms with Crippen molar-refractivity contribution in [2.75, 3.05) is 0 Å². The van der Waals surface area contributed by atoms with Crippen molar-refractivity contribution in [3.05, 3.63) is 71.0 Å². The molecule has 2 rings (SSSR count). The van der Waals surface area contributed by atoms with Crippen molar-refractivity contribution in [2.45, 2.75) is 13.3 Å². The quantitative estimate of drug-likeness (QED) is 0.688. The van der Waals surface area contributed by atoms with Gasteiger partial charge in [-0.1, -0.05) is 35.9 Å². The first kappa shape index (κ1) is 13.9. The summed E-state index contributed by atoms with van der Waals surface area (Å²) in [6.45, 7) is 1.94. The summed E-state index contributed by atoms with van der Waals surface area (Å²) in [4.78, 5) is 15.7. The molecule has 0 aliphatic carbocycles. The maximum absolute atomic E-state index is 12.8. The van der Waals surface area contributed by atoms with Gasteiger partial charge in [-0.3, -0.25) is 4.79 Å². The fourth-order valence-corrected chi connectivity index (χ4v) is 1.82. The van der Waals surface area contributed by atoms with E-state index < -0.39 is 0 Å². The molecule has 2 N–H and O–H groups in total. The van der Waals surface area contributed by atoms with Crippen LogP contribution in [0.1, 0.15) is 16.7 Å². The molecule has 4 heteroatoms. The molecule has 0 spiro atoms. The molecule has 0 bridgehead atoms. The van der Waals surface area contributed by atoms with Crippen LogP contribution in [-0.4, -0.2) is 11.7 Å². The van der Waals surface area contributed by atoms with E-state index in [0.29, 0.717) is 5.56 Å². The Labute approximate surface area is 117 Å². The number of amides is 1. The van der Waals surface area contributed by atoms with Gasteiger partial charge < -0.3 is 5.73 Å². The van der Waals surface area contributed by atoms with E-state index in [0.717, 1.165) is 11.1 Å². The summed E-state index contributed by atoms with van der Waals surface area (Å²) in [5.41, 5.74) is 8.29. The zero-order valence-electron chi connectivity index (χ0n) is 11.1. The van der Waals surface area contributed by atoms with Crippen molar-refractivity contribution in [3.63, 3.8) is 0 Å². The summed E-state index contributed by atoms with van der Waals surface area (Å²) in [7, 11) is 0. The topological polar surface area (TPSA) is 55.4 Å². The third-order valence-electron chi connectivity index (χ3n) is 2.83. The van der Waals surface area contributed by atoms with Crippen molar-refractivity contribution in [3.8, 4) is 0 Å². The minimum absolute atomic E-state index is 0.104. The second-order valence-corrected chi connectivity index (χ2v) is 4.56. The molecule has 0 saturated carbocycles. The molecular formula is C16H15FN2O. The van der Waals surface area contributed by atoms with Gasteiger partial charge in [-0.25, -0.2) is 4.39 Å². The Morgan fingerprint density at radius 3 is 2.55 bits per heavy atom. The number of rotatable bonds is 3. The highest BCUT2D eigenvalue weighted by Gasteiger charge is 2.05. The number of nitrogens with zero attached hydrogens (tertiary/aromatic N) is 1. The van der Waals surface area contributed by atoms with Crippen molar-refractivity contribution in [1.29, 1.82) is 0 Å². The van der Waals surface area contributed by atoms with E-state index in [2.05, 4.69) is 4.99 Å². The monoisotopic (exact) mass is 270 g/mol. The van der Waals surface area contributed by atoms with E-state index in [-0.39, 0.29) is 24.0 Å². The molecule has 0 aliphatic heterocycles. The number of carbonyl (C=O) groups is 1. The van der Waals surface area contributed by atoms with Gasteiger partial charge in [0, 0.05) is 5.56 Å². The lowest BCUT2D eigenvalue weighted by molar-refractivity contribution is -0.117. The summed E-state index contributed by atoms with van der Waals surface area (Å²) in [6, 6.07) is 13.2. The van der Waals surface area contributed by atoms with Crippen molar-refractivity contribution >= 4 is 11.7 Å². The zero-order chi connectivity index (χ0) is 14.5. The van der Waals surface area contributed by atoms with E-state index in [1.54, 1.807) is 18.2 Å². The number of aliphatic imine (C=N–C) groups is 1. The summed E-state index contributed by atoms with van der Waals surface area (Å²) >= 11 is 0. The minimum atomic E-state index is -0.351. The van der Waals surface area contributed by atoms with E-state index in [1.807, 2.05) is 25.1 Å². The Hall–Kier alpha value is -2.49. The highest BCUT2D eigenvalue weighted by molar-refractivity contribution is 6.04. The van der Waals surface area contributed by atoms with Gasteiger partial charge in [-0.05, 0) is 30.7 Å². The van der Waals surface area contributed by atoms with Crippen LogP contribution in [0.15, 0.2) is 53.5 Å². The normalized spacial score (nSPS) is 11.4. The third kappa shape index (κ3) is 3.75. The Morgan fingerprint density at radius 1 is 1.20 bits per heavy atom. The Morgan fingerprint density at radius 2 is 1.90 bits per heavy atom. The molecule has 102 valence electrons. The summed E-state index contributed by atoms with van der Waals surface area (Å²) in [5.74, 6) is -0.486. The van der Waals surface area contributed by atoms with Gasteiger partial charge in [0.15, 0.2) is 0 Å².